The van der Waals surface area contributed by atoms with Gasteiger partial charge in [-0.1, -0.05) is 15.9 Å². The Morgan fingerprint density at radius 1 is 1.47 bits per heavy atom. The van der Waals surface area contributed by atoms with Gasteiger partial charge in [-0.25, -0.2) is 0 Å². The van der Waals surface area contributed by atoms with Crippen LogP contribution in [0, 0.1) is 0 Å². The topological polar surface area (TPSA) is 12.5 Å². The van der Waals surface area contributed by atoms with Gasteiger partial charge in [0.2, 0.25) is 0 Å². The van der Waals surface area contributed by atoms with E-state index in [2.05, 4.69) is 15.9 Å². The van der Waals surface area contributed by atoms with Crippen LogP contribution in [0.25, 0.3) is 0 Å². The third-order valence-electron chi connectivity index (χ3n) is 2.49. The molecule has 1 aliphatic rings. The van der Waals surface area contributed by atoms with Gasteiger partial charge in [-0.05, 0) is 6.92 Å². The summed E-state index contributed by atoms with van der Waals surface area (Å²) in [5, 5.41) is 0.669. The number of nitrogens with zero attached hydrogens (tertiary/aromatic N) is 1. The molecule has 0 aliphatic carbocycles. The summed E-state index contributed by atoms with van der Waals surface area (Å²) in [7, 11) is 0. The first-order valence-corrected chi connectivity index (χ1v) is 6.03. The fourth-order valence-electron chi connectivity index (χ4n) is 1.55. The molecule has 0 N–H and O–H groups in total. The molecule has 6 heteroatoms. The van der Waals surface area contributed by atoms with Gasteiger partial charge in [0.15, 0.2) is 0 Å². The number of alkyl halides is 4. The molecule has 0 spiro atoms. The summed E-state index contributed by atoms with van der Waals surface area (Å²) in [5.74, 6) is 0. The van der Waals surface area contributed by atoms with Crippen LogP contribution in [-0.2, 0) is 4.74 Å². The molecule has 2 nitrogen and oxygen atoms in total. The molecule has 0 aromatic heterocycles. The number of hydrogen-bond acceptors (Lipinski definition) is 2. The molecular weight excluding hydrogens is 275 g/mol. The lowest BCUT2D eigenvalue weighted by molar-refractivity contribution is -0.144. The van der Waals surface area contributed by atoms with Gasteiger partial charge in [0, 0.05) is 24.5 Å². The molecule has 1 rings (SSSR count). The van der Waals surface area contributed by atoms with Crippen molar-refractivity contribution in [1.82, 2.24) is 4.90 Å². The zero-order chi connectivity index (χ0) is 11.5. The van der Waals surface area contributed by atoms with Gasteiger partial charge in [-0.2, -0.15) is 13.2 Å². The number of ether oxygens (including phenoxy) is 1. The number of rotatable bonds is 3. The van der Waals surface area contributed by atoms with E-state index in [9.17, 15) is 13.2 Å². The van der Waals surface area contributed by atoms with E-state index in [-0.39, 0.29) is 18.7 Å². The molecule has 2 atom stereocenters. The highest BCUT2D eigenvalue weighted by molar-refractivity contribution is 9.09. The largest absolute Gasteiger partial charge is 0.390 e. The van der Waals surface area contributed by atoms with Crippen molar-refractivity contribution in [3.8, 4) is 0 Å². The fraction of sp³-hybridized carbons (Fsp3) is 1.00. The molecular formula is C9H15BrF3NO. The van der Waals surface area contributed by atoms with E-state index < -0.39 is 12.6 Å². The van der Waals surface area contributed by atoms with E-state index in [0.717, 1.165) is 0 Å². The van der Waals surface area contributed by atoms with Crippen molar-refractivity contribution in [2.24, 2.45) is 0 Å². The molecule has 1 heterocycles. The van der Waals surface area contributed by atoms with Gasteiger partial charge in [-0.15, -0.1) is 0 Å². The van der Waals surface area contributed by atoms with Crippen LogP contribution in [0.3, 0.4) is 0 Å². The number of halogens is 4. The Morgan fingerprint density at radius 3 is 2.67 bits per heavy atom. The van der Waals surface area contributed by atoms with Crippen LogP contribution in [0.4, 0.5) is 13.2 Å². The van der Waals surface area contributed by atoms with Crippen LogP contribution in [0.15, 0.2) is 0 Å². The number of hydrogen-bond donors (Lipinski definition) is 0. The monoisotopic (exact) mass is 289 g/mol. The van der Waals surface area contributed by atoms with Crippen molar-refractivity contribution in [2.75, 3.05) is 25.0 Å². The Morgan fingerprint density at radius 2 is 2.13 bits per heavy atom. The van der Waals surface area contributed by atoms with E-state index in [4.69, 9.17) is 4.74 Å². The van der Waals surface area contributed by atoms with Gasteiger partial charge in [0.1, 0.15) is 0 Å². The third-order valence-corrected chi connectivity index (χ3v) is 3.21. The van der Waals surface area contributed by atoms with Crippen LogP contribution in [0.1, 0.15) is 13.3 Å². The molecule has 0 saturated carbocycles. The second kappa shape index (κ2) is 5.50. The van der Waals surface area contributed by atoms with Gasteiger partial charge in [0.05, 0.1) is 19.1 Å². The average Bonchev–Trinajstić information content (AvgIpc) is 2.15. The Labute approximate surface area is 95.9 Å². The van der Waals surface area contributed by atoms with Crippen molar-refractivity contribution < 1.29 is 17.9 Å². The Hall–Kier alpha value is 0.190. The molecule has 0 aromatic carbocycles. The Kier molecular flexibility index (Phi) is 4.86. The molecule has 90 valence electrons. The highest BCUT2D eigenvalue weighted by Gasteiger charge is 2.31. The van der Waals surface area contributed by atoms with E-state index in [1.54, 1.807) is 0 Å². The minimum absolute atomic E-state index is 0.00873. The zero-order valence-electron chi connectivity index (χ0n) is 8.56. The van der Waals surface area contributed by atoms with Crippen LogP contribution >= 0.6 is 15.9 Å². The molecule has 2 unspecified atom stereocenters. The molecule has 1 saturated heterocycles. The van der Waals surface area contributed by atoms with Crippen LogP contribution in [-0.4, -0.2) is 48.2 Å². The SMILES string of the molecule is CC1COC(CBr)CN1CCC(F)(F)F. The predicted molar refractivity (Wildman–Crippen MR) is 55.2 cm³/mol. The fourth-order valence-corrected chi connectivity index (χ4v) is 1.94. The lowest BCUT2D eigenvalue weighted by Crippen LogP contribution is -2.49. The Bertz CT molecular complexity index is 200. The second-order valence-electron chi connectivity index (χ2n) is 3.82. The van der Waals surface area contributed by atoms with Gasteiger partial charge < -0.3 is 4.74 Å². The lowest BCUT2D eigenvalue weighted by Gasteiger charge is -2.37. The van der Waals surface area contributed by atoms with Crippen molar-refractivity contribution in [3.63, 3.8) is 0 Å². The quantitative estimate of drug-likeness (QED) is 0.740. The maximum atomic E-state index is 12.0. The standard InChI is InChI=1S/C9H15BrF3NO/c1-7-6-15-8(4-10)5-14(7)3-2-9(11,12)13/h7-8H,2-6H2,1H3. The second-order valence-corrected chi connectivity index (χ2v) is 4.47. The maximum Gasteiger partial charge on any atom is 0.390 e. The van der Waals surface area contributed by atoms with E-state index >= 15 is 0 Å². The molecule has 0 bridgehead atoms. The Balaban J connectivity index is 2.38. The van der Waals surface area contributed by atoms with E-state index in [0.29, 0.717) is 18.5 Å². The summed E-state index contributed by atoms with van der Waals surface area (Å²) in [6, 6.07) is 0.0719. The predicted octanol–water partition coefficient (Wildman–Crippen LogP) is 2.42. The van der Waals surface area contributed by atoms with Crippen LogP contribution < -0.4 is 0 Å². The smallest absolute Gasteiger partial charge is 0.374 e. The van der Waals surface area contributed by atoms with Crippen molar-refractivity contribution in [2.45, 2.75) is 31.7 Å². The molecule has 1 aliphatic heterocycles. The summed E-state index contributed by atoms with van der Waals surface area (Å²) in [6.45, 7) is 3.04. The first-order valence-electron chi connectivity index (χ1n) is 4.90. The van der Waals surface area contributed by atoms with Crippen LogP contribution in [0.5, 0.6) is 0 Å². The molecule has 0 amide bonds. The summed E-state index contributed by atoms with van der Waals surface area (Å²) < 4.78 is 41.6. The molecule has 0 aromatic rings. The minimum atomic E-state index is -4.07. The summed E-state index contributed by atoms with van der Waals surface area (Å²) in [5.41, 5.74) is 0. The van der Waals surface area contributed by atoms with Crippen molar-refractivity contribution in [3.05, 3.63) is 0 Å². The zero-order valence-corrected chi connectivity index (χ0v) is 10.1. The van der Waals surface area contributed by atoms with Crippen molar-refractivity contribution in [1.29, 1.82) is 0 Å². The summed E-state index contributed by atoms with van der Waals surface area (Å²) in [6.07, 6.45) is -4.80. The summed E-state index contributed by atoms with van der Waals surface area (Å²) >= 11 is 3.28. The first kappa shape index (κ1) is 13.3. The van der Waals surface area contributed by atoms with Gasteiger partial charge in [-0.3, -0.25) is 4.90 Å². The highest BCUT2D eigenvalue weighted by Crippen LogP contribution is 2.22. The molecule has 15 heavy (non-hydrogen) atoms. The molecule has 1 fully saturated rings. The number of morpholine rings is 1. The van der Waals surface area contributed by atoms with E-state index in [1.807, 2.05) is 11.8 Å². The maximum absolute atomic E-state index is 12.0. The third kappa shape index (κ3) is 4.70. The average molecular weight is 290 g/mol. The van der Waals surface area contributed by atoms with Gasteiger partial charge >= 0.3 is 6.18 Å². The van der Waals surface area contributed by atoms with Gasteiger partial charge in [0.25, 0.3) is 0 Å². The van der Waals surface area contributed by atoms with Crippen molar-refractivity contribution >= 4 is 15.9 Å². The molecule has 0 radical (unpaired) electrons. The minimum Gasteiger partial charge on any atom is -0.374 e. The first-order chi connectivity index (χ1) is 6.92. The highest BCUT2D eigenvalue weighted by atomic mass is 79.9. The van der Waals surface area contributed by atoms with Crippen LogP contribution in [0.2, 0.25) is 0 Å². The normalized spacial score (nSPS) is 29.4. The lowest BCUT2D eigenvalue weighted by atomic mass is 10.2. The van der Waals surface area contributed by atoms with E-state index in [1.165, 1.54) is 0 Å². The summed E-state index contributed by atoms with van der Waals surface area (Å²) in [4.78, 5) is 1.84.